The minimum absolute atomic E-state index is 0.0222. The summed E-state index contributed by atoms with van der Waals surface area (Å²) >= 11 is 0. The molecule has 1 N–H and O–H groups in total. The van der Waals surface area contributed by atoms with E-state index in [9.17, 15) is 16.8 Å². The molecule has 0 aliphatic carbocycles. The Morgan fingerprint density at radius 3 is 2.07 bits per heavy atom. The van der Waals surface area contributed by atoms with Crippen LogP contribution in [0.2, 0.25) is 0 Å². The molecule has 0 spiro atoms. The summed E-state index contributed by atoms with van der Waals surface area (Å²) in [5, 5.41) is 0. The van der Waals surface area contributed by atoms with Gasteiger partial charge in [0.1, 0.15) is 4.90 Å². The Morgan fingerprint density at radius 1 is 0.900 bits per heavy atom. The van der Waals surface area contributed by atoms with Crippen LogP contribution in [0, 0.1) is 13.8 Å². The van der Waals surface area contributed by atoms with Crippen molar-refractivity contribution in [2.45, 2.75) is 49.4 Å². The Labute approximate surface area is 178 Å². The van der Waals surface area contributed by atoms with Gasteiger partial charge in [0.15, 0.2) is 0 Å². The highest BCUT2D eigenvalue weighted by Gasteiger charge is 2.28. The predicted molar refractivity (Wildman–Crippen MR) is 117 cm³/mol. The number of sulfonamides is 1. The predicted octanol–water partition coefficient (Wildman–Crippen LogP) is 3.64. The van der Waals surface area contributed by atoms with Gasteiger partial charge in [-0.15, -0.1) is 0 Å². The summed E-state index contributed by atoms with van der Waals surface area (Å²) in [4.78, 5) is 0.0889. The van der Waals surface area contributed by atoms with E-state index in [1.54, 1.807) is 32.0 Å². The number of rotatable bonds is 8. The highest BCUT2D eigenvalue weighted by Crippen LogP contribution is 2.25. The summed E-state index contributed by atoms with van der Waals surface area (Å²) in [7, 11) is -7.76. The number of aromatic nitrogens is 1. The van der Waals surface area contributed by atoms with Crippen molar-refractivity contribution in [1.82, 2.24) is 8.69 Å². The molecule has 160 valence electrons. The zero-order chi connectivity index (χ0) is 21.9. The number of nitrogens with zero attached hydrogens (tertiary/aromatic N) is 1. The van der Waals surface area contributed by atoms with Crippen molar-refractivity contribution in [3.8, 4) is 0 Å². The first-order chi connectivity index (χ1) is 14.1. The molecule has 1 atom stereocenters. The van der Waals surface area contributed by atoms with Crippen LogP contribution in [0.15, 0.2) is 76.5 Å². The number of hydrogen-bond donors (Lipinski definition) is 1. The molecule has 3 rings (SSSR count). The molecular formula is C22H26N2O4S2. The normalized spacial score (nSPS) is 13.3. The molecule has 1 heterocycles. The largest absolute Gasteiger partial charge is 0.268 e. The minimum Gasteiger partial charge on any atom is -0.242 e. The van der Waals surface area contributed by atoms with Crippen molar-refractivity contribution in [3.05, 3.63) is 83.7 Å². The van der Waals surface area contributed by atoms with E-state index in [0.717, 1.165) is 16.0 Å². The van der Waals surface area contributed by atoms with Crippen molar-refractivity contribution >= 4 is 20.0 Å². The molecule has 0 saturated carbocycles. The Morgan fingerprint density at radius 2 is 1.47 bits per heavy atom. The van der Waals surface area contributed by atoms with Crippen molar-refractivity contribution in [3.63, 3.8) is 0 Å². The lowest BCUT2D eigenvalue weighted by molar-refractivity contribution is 0.546. The monoisotopic (exact) mass is 446 g/mol. The van der Waals surface area contributed by atoms with Gasteiger partial charge in [0.2, 0.25) is 10.0 Å². The fraction of sp³-hybridized carbons (Fsp3) is 0.273. The molecule has 0 fully saturated rings. The van der Waals surface area contributed by atoms with Crippen LogP contribution < -0.4 is 4.72 Å². The molecule has 0 amide bonds. The highest BCUT2D eigenvalue weighted by molar-refractivity contribution is 7.90. The minimum atomic E-state index is -3.89. The molecule has 6 nitrogen and oxygen atoms in total. The van der Waals surface area contributed by atoms with Gasteiger partial charge in [-0.2, -0.15) is 0 Å². The van der Waals surface area contributed by atoms with Gasteiger partial charge in [-0.1, -0.05) is 48.5 Å². The maximum absolute atomic E-state index is 13.0. The van der Waals surface area contributed by atoms with E-state index in [4.69, 9.17) is 0 Å². The molecule has 0 bridgehead atoms. The Bertz CT molecular complexity index is 1220. The van der Waals surface area contributed by atoms with Gasteiger partial charge in [-0.3, -0.25) is 0 Å². The third-order valence-electron chi connectivity index (χ3n) is 4.96. The van der Waals surface area contributed by atoms with E-state index >= 15 is 0 Å². The van der Waals surface area contributed by atoms with Crippen LogP contribution in [0.25, 0.3) is 0 Å². The van der Waals surface area contributed by atoms with Crippen LogP contribution in [-0.4, -0.2) is 26.8 Å². The first-order valence-corrected chi connectivity index (χ1v) is 12.6. The fourth-order valence-electron chi connectivity index (χ4n) is 3.47. The summed E-state index contributed by atoms with van der Waals surface area (Å²) in [6.45, 7) is 4.91. The molecule has 0 radical (unpaired) electrons. The van der Waals surface area contributed by atoms with Crippen LogP contribution >= 0.6 is 0 Å². The summed E-state index contributed by atoms with van der Waals surface area (Å²) in [6, 6.07) is 18.9. The Hall–Kier alpha value is -2.42. The van der Waals surface area contributed by atoms with Crippen molar-refractivity contribution in [2.24, 2.45) is 0 Å². The first-order valence-electron chi connectivity index (χ1n) is 9.69. The van der Waals surface area contributed by atoms with E-state index in [1.807, 2.05) is 30.3 Å². The van der Waals surface area contributed by atoms with Crippen LogP contribution in [0.5, 0.6) is 0 Å². The molecule has 3 aromatic rings. The summed E-state index contributed by atoms with van der Waals surface area (Å²) < 4.78 is 55.8. The molecule has 0 saturated heterocycles. The van der Waals surface area contributed by atoms with E-state index < -0.39 is 20.0 Å². The molecule has 0 aliphatic heterocycles. The summed E-state index contributed by atoms with van der Waals surface area (Å²) in [5.74, 6) is 0. The second-order valence-corrected chi connectivity index (χ2v) is 10.8. The number of nitrogens with one attached hydrogen (secondary N) is 1. The maximum Gasteiger partial charge on any atom is 0.268 e. The average molecular weight is 447 g/mol. The standard InChI is InChI=1S/C22H26N2O4S2/c1-17(14-15-20-10-6-4-7-11-20)23-29(25,26)22-16-18(2)24(19(22)3)30(27,28)21-12-8-5-9-13-21/h4-13,16-17,23H,14-15H2,1-3H3/t17-/m0/s1. The van der Waals surface area contributed by atoms with Gasteiger partial charge in [0.25, 0.3) is 10.0 Å². The zero-order valence-corrected chi connectivity index (χ0v) is 18.9. The molecule has 0 unspecified atom stereocenters. The number of benzene rings is 2. The highest BCUT2D eigenvalue weighted by atomic mass is 32.2. The molecule has 8 heteroatoms. The van der Waals surface area contributed by atoms with Gasteiger partial charge in [0.05, 0.1) is 10.6 Å². The molecule has 30 heavy (non-hydrogen) atoms. The molecule has 1 aromatic heterocycles. The topological polar surface area (TPSA) is 85.2 Å². The second-order valence-electron chi connectivity index (χ2n) is 7.36. The van der Waals surface area contributed by atoms with E-state index in [1.165, 1.54) is 25.1 Å². The van der Waals surface area contributed by atoms with Gasteiger partial charge in [-0.05, 0) is 57.4 Å². The zero-order valence-electron chi connectivity index (χ0n) is 17.2. The van der Waals surface area contributed by atoms with Crippen molar-refractivity contribution in [2.75, 3.05) is 0 Å². The van der Waals surface area contributed by atoms with Crippen LogP contribution in [0.4, 0.5) is 0 Å². The van der Waals surface area contributed by atoms with E-state index in [2.05, 4.69) is 4.72 Å². The average Bonchev–Trinajstić information content (AvgIpc) is 3.03. The molecule has 2 aromatic carbocycles. The van der Waals surface area contributed by atoms with Crippen LogP contribution in [0.3, 0.4) is 0 Å². The van der Waals surface area contributed by atoms with Crippen LogP contribution in [0.1, 0.15) is 30.3 Å². The van der Waals surface area contributed by atoms with Crippen molar-refractivity contribution in [1.29, 1.82) is 0 Å². The van der Waals surface area contributed by atoms with E-state index in [0.29, 0.717) is 12.1 Å². The number of hydrogen-bond acceptors (Lipinski definition) is 4. The third-order valence-corrected chi connectivity index (χ3v) is 8.57. The van der Waals surface area contributed by atoms with Gasteiger partial charge >= 0.3 is 0 Å². The Kier molecular flexibility index (Phi) is 6.50. The summed E-state index contributed by atoms with van der Waals surface area (Å²) in [5.41, 5.74) is 1.64. The van der Waals surface area contributed by atoms with Crippen LogP contribution in [-0.2, 0) is 26.5 Å². The Balaban J connectivity index is 1.84. The quantitative estimate of drug-likeness (QED) is 0.572. The SMILES string of the molecule is Cc1cc(S(=O)(=O)N[C@@H](C)CCc2ccccc2)c(C)n1S(=O)(=O)c1ccccc1. The lowest BCUT2D eigenvalue weighted by Gasteiger charge is -2.15. The van der Waals surface area contributed by atoms with Gasteiger partial charge < -0.3 is 0 Å². The molecular weight excluding hydrogens is 420 g/mol. The second kappa shape index (κ2) is 8.75. The fourth-order valence-corrected chi connectivity index (χ4v) is 6.71. The van der Waals surface area contributed by atoms with Crippen molar-refractivity contribution < 1.29 is 16.8 Å². The third kappa shape index (κ3) is 4.66. The lowest BCUT2D eigenvalue weighted by Crippen LogP contribution is -2.33. The number of aryl methyl sites for hydroxylation is 2. The smallest absolute Gasteiger partial charge is 0.242 e. The van der Waals surface area contributed by atoms with Gasteiger partial charge in [-0.25, -0.2) is 25.5 Å². The first kappa shape index (κ1) is 22.3. The maximum atomic E-state index is 13.0. The van der Waals surface area contributed by atoms with E-state index in [-0.39, 0.29) is 21.5 Å². The van der Waals surface area contributed by atoms with Gasteiger partial charge in [0, 0.05) is 11.7 Å². The lowest BCUT2D eigenvalue weighted by atomic mass is 10.1. The molecule has 0 aliphatic rings. The summed E-state index contributed by atoms with van der Waals surface area (Å²) in [6.07, 6.45) is 1.37.